The molecule has 0 radical (unpaired) electrons. The van der Waals surface area contributed by atoms with Crippen LogP contribution in [0.3, 0.4) is 0 Å². The molecule has 0 aliphatic carbocycles. The largest absolute Gasteiger partial charge is 0.496 e. The minimum Gasteiger partial charge on any atom is -0.496 e. The minimum absolute atomic E-state index is 0.0116. The summed E-state index contributed by atoms with van der Waals surface area (Å²) in [6.07, 6.45) is 0. The molecule has 0 heterocycles. The van der Waals surface area contributed by atoms with Crippen molar-refractivity contribution in [3.63, 3.8) is 0 Å². The molecule has 4 heteroatoms. The van der Waals surface area contributed by atoms with Gasteiger partial charge in [0, 0.05) is 22.3 Å². The van der Waals surface area contributed by atoms with Crippen LogP contribution in [0.4, 0.5) is 0 Å². The zero-order valence-corrected chi connectivity index (χ0v) is 13.4. The fraction of sp³-hybridized carbons (Fsp3) is 0.294. The average molecular weight is 303 g/mol. The number of aryl methyl sites for hydroxylation is 1. The van der Waals surface area contributed by atoms with Gasteiger partial charge in [-0.05, 0) is 37.7 Å². The van der Waals surface area contributed by atoms with Gasteiger partial charge in [-0.25, -0.2) is 0 Å². The van der Waals surface area contributed by atoms with Crippen molar-refractivity contribution in [3.05, 3.63) is 59.7 Å². The van der Waals surface area contributed by atoms with Gasteiger partial charge in [-0.3, -0.25) is 4.21 Å². The van der Waals surface area contributed by atoms with E-state index in [-0.39, 0.29) is 6.04 Å². The molecule has 0 aliphatic rings. The van der Waals surface area contributed by atoms with E-state index in [1.807, 2.05) is 62.5 Å². The van der Waals surface area contributed by atoms with Crippen molar-refractivity contribution in [2.75, 3.05) is 19.9 Å². The van der Waals surface area contributed by atoms with Crippen LogP contribution < -0.4 is 10.1 Å². The Morgan fingerprint density at radius 2 is 1.95 bits per heavy atom. The van der Waals surface area contributed by atoms with Gasteiger partial charge in [-0.2, -0.15) is 0 Å². The lowest BCUT2D eigenvalue weighted by Gasteiger charge is -2.19. The number of hydrogen-bond donors (Lipinski definition) is 1. The molecule has 0 saturated heterocycles. The highest BCUT2D eigenvalue weighted by atomic mass is 32.2. The first kappa shape index (κ1) is 15.7. The third kappa shape index (κ3) is 3.93. The van der Waals surface area contributed by atoms with Crippen LogP contribution in [0.1, 0.15) is 17.2 Å². The van der Waals surface area contributed by atoms with Crippen LogP contribution in [0.15, 0.2) is 53.4 Å². The van der Waals surface area contributed by atoms with E-state index in [4.69, 9.17) is 4.74 Å². The van der Waals surface area contributed by atoms with Crippen molar-refractivity contribution >= 4 is 10.8 Å². The molecule has 0 bridgehead atoms. The number of para-hydroxylation sites is 1. The molecule has 0 saturated carbocycles. The van der Waals surface area contributed by atoms with Gasteiger partial charge in [0.05, 0.1) is 17.9 Å². The maximum atomic E-state index is 12.6. The summed E-state index contributed by atoms with van der Waals surface area (Å²) in [6.45, 7) is 2.01. The molecule has 0 fully saturated rings. The van der Waals surface area contributed by atoms with Crippen molar-refractivity contribution in [3.8, 4) is 5.75 Å². The van der Waals surface area contributed by atoms with Crippen LogP contribution in [0.25, 0.3) is 0 Å². The maximum Gasteiger partial charge on any atom is 0.123 e. The van der Waals surface area contributed by atoms with Crippen molar-refractivity contribution in [2.24, 2.45) is 0 Å². The van der Waals surface area contributed by atoms with Crippen molar-refractivity contribution in [1.82, 2.24) is 5.32 Å². The van der Waals surface area contributed by atoms with Crippen LogP contribution >= 0.6 is 0 Å². The van der Waals surface area contributed by atoms with Gasteiger partial charge in [0.2, 0.25) is 0 Å². The summed E-state index contributed by atoms with van der Waals surface area (Å²) in [5.41, 5.74) is 2.16. The maximum absolute atomic E-state index is 12.6. The predicted octanol–water partition coefficient (Wildman–Crippen LogP) is 3.07. The fourth-order valence-electron chi connectivity index (χ4n) is 2.29. The Bertz CT molecular complexity index is 628. The van der Waals surface area contributed by atoms with Gasteiger partial charge in [-0.1, -0.05) is 30.3 Å². The molecule has 0 aliphatic heterocycles. The number of nitrogens with one attached hydrogen (secondary N) is 1. The molecule has 0 spiro atoms. The molecule has 0 amide bonds. The highest BCUT2D eigenvalue weighted by Crippen LogP contribution is 2.26. The van der Waals surface area contributed by atoms with Gasteiger partial charge in [0.25, 0.3) is 0 Å². The molecule has 0 aromatic heterocycles. The van der Waals surface area contributed by atoms with E-state index in [1.54, 1.807) is 7.11 Å². The van der Waals surface area contributed by atoms with Gasteiger partial charge in [0.1, 0.15) is 5.75 Å². The van der Waals surface area contributed by atoms with Gasteiger partial charge < -0.3 is 10.1 Å². The van der Waals surface area contributed by atoms with Gasteiger partial charge in [0.15, 0.2) is 0 Å². The third-order valence-corrected chi connectivity index (χ3v) is 4.85. The Morgan fingerprint density at radius 3 is 2.62 bits per heavy atom. The molecular formula is C17H21NO2S. The molecule has 2 aromatic rings. The van der Waals surface area contributed by atoms with E-state index in [1.165, 1.54) is 0 Å². The molecule has 3 nitrogen and oxygen atoms in total. The van der Waals surface area contributed by atoms with Crippen LogP contribution in [-0.4, -0.2) is 24.1 Å². The first-order valence-electron chi connectivity index (χ1n) is 6.91. The fourth-order valence-corrected chi connectivity index (χ4v) is 3.68. The average Bonchev–Trinajstić information content (AvgIpc) is 2.52. The number of hydrogen-bond acceptors (Lipinski definition) is 3. The van der Waals surface area contributed by atoms with Crippen LogP contribution in [0, 0.1) is 6.92 Å². The normalized spacial score (nSPS) is 13.7. The molecule has 21 heavy (non-hydrogen) atoms. The molecule has 2 unspecified atom stereocenters. The Hall–Kier alpha value is -1.65. The lowest BCUT2D eigenvalue weighted by Crippen LogP contribution is -2.23. The van der Waals surface area contributed by atoms with Crippen LogP contribution in [0.5, 0.6) is 5.75 Å². The SMILES string of the molecule is CNC(CS(=O)c1cccc(C)c1)c1ccccc1OC. The van der Waals surface area contributed by atoms with E-state index < -0.39 is 10.8 Å². The third-order valence-electron chi connectivity index (χ3n) is 3.43. The quantitative estimate of drug-likeness (QED) is 0.891. The second-order valence-electron chi connectivity index (χ2n) is 4.91. The first-order chi connectivity index (χ1) is 10.2. The highest BCUT2D eigenvalue weighted by molar-refractivity contribution is 7.85. The number of methoxy groups -OCH3 is 1. The van der Waals surface area contributed by atoms with E-state index in [9.17, 15) is 4.21 Å². The summed E-state index contributed by atoms with van der Waals surface area (Å²) in [5, 5.41) is 3.24. The summed E-state index contributed by atoms with van der Waals surface area (Å²) in [4.78, 5) is 0.866. The second kappa shape index (κ2) is 7.38. The Balaban J connectivity index is 2.21. The molecule has 1 N–H and O–H groups in total. The van der Waals surface area contributed by atoms with E-state index in [0.717, 1.165) is 21.8 Å². The van der Waals surface area contributed by atoms with E-state index >= 15 is 0 Å². The van der Waals surface area contributed by atoms with Crippen molar-refractivity contribution in [1.29, 1.82) is 0 Å². The standard InChI is InChI=1S/C17H21NO2S/c1-13-7-6-8-14(11-13)21(19)12-16(18-2)15-9-4-5-10-17(15)20-3/h4-11,16,18H,12H2,1-3H3. The summed E-state index contributed by atoms with van der Waals surface area (Å²) in [5.74, 6) is 1.33. The second-order valence-corrected chi connectivity index (χ2v) is 6.41. The number of benzene rings is 2. The Morgan fingerprint density at radius 1 is 1.19 bits per heavy atom. The summed E-state index contributed by atoms with van der Waals surface area (Å²) >= 11 is 0. The lowest BCUT2D eigenvalue weighted by atomic mass is 10.1. The summed E-state index contributed by atoms with van der Waals surface area (Å²) in [7, 11) is 2.48. The zero-order chi connectivity index (χ0) is 15.2. The molecule has 2 atom stereocenters. The lowest BCUT2D eigenvalue weighted by molar-refractivity contribution is 0.404. The van der Waals surface area contributed by atoms with Gasteiger partial charge >= 0.3 is 0 Å². The molecule has 112 valence electrons. The predicted molar refractivity (Wildman–Crippen MR) is 87.2 cm³/mol. The zero-order valence-electron chi connectivity index (χ0n) is 12.6. The Labute approximate surface area is 128 Å². The van der Waals surface area contributed by atoms with Crippen molar-refractivity contribution < 1.29 is 8.95 Å². The highest BCUT2D eigenvalue weighted by Gasteiger charge is 2.17. The molecular weight excluding hydrogens is 282 g/mol. The summed E-state index contributed by atoms with van der Waals surface area (Å²) < 4.78 is 18.0. The minimum atomic E-state index is -1.05. The van der Waals surface area contributed by atoms with Gasteiger partial charge in [-0.15, -0.1) is 0 Å². The topological polar surface area (TPSA) is 38.3 Å². The van der Waals surface area contributed by atoms with Crippen LogP contribution in [-0.2, 0) is 10.8 Å². The summed E-state index contributed by atoms with van der Waals surface area (Å²) in [6, 6.07) is 15.7. The smallest absolute Gasteiger partial charge is 0.123 e. The van der Waals surface area contributed by atoms with E-state index in [0.29, 0.717) is 5.75 Å². The Kier molecular flexibility index (Phi) is 5.53. The number of ether oxygens (including phenoxy) is 1. The van der Waals surface area contributed by atoms with Crippen molar-refractivity contribution in [2.45, 2.75) is 17.9 Å². The molecule has 2 aromatic carbocycles. The first-order valence-corrected chi connectivity index (χ1v) is 8.23. The van der Waals surface area contributed by atoms with E-state index in [2.05, 4.69) is 5.32 Å². The van der Waals surface area contributed by atoms with Crippen LogP contribution in [0.2, 0.25) is 0 Å². The number of rotatable bonds is 6. The monoisotopic (exact) mass is 303 g/mol. The molecule has 2 rings (SSSR count).